The first kappa shape index (κ1) is 20.2. The molecule has 3 N–H and O–H groups in total. The van der Waals surface area contributed by atoms with Crippen LogP contribution >= 0.6 is 0 Å². The molecule has 1 fully saturated rings. The standard InChI is InChI=1S/C19H30N4O3/c1-3-15-6-4-7-16(12-15)23-18(24)13-22-19(20-2)21-9-5-10-26-17-8-11-25-14-17/h4,6-7,12,17H,3,5,8-11,13-14H2,1-2H3,(H,23,24)(H2,20,21,22). The van der Waals surface area contributed by atoms with Gasteiger partial charge in [0, 0.05) is 32.5 Å². The zero-order valence-electron chi connectivity index (χ0n) is 15.7. The number of guanidine groups is 1. The third-order valence-corrected chi connectivity index (χ3v) is 4.11. The van der Waals surface area contributed by atoms with Crippen LogP contribution in [0.1, 0.15) is 25.3 Å². The van der Waals surface area contributed by atoms with E-state index in [1.807, 2.05) is 24.3 Å². The van der Waals surface area contributed by atoms with Gasteiger partial charge in [-0.1, -0.05) is 19.1 Å². The van der Waals surface area contributed by atoms with Crippen LogP contribution in [0.2, 0.25) is 0 Å². The molecule has 0 aliphatic carbocycles. The number of aliphatic imine (C=N–C) groups is 1. The predicted molar refractivity (Wildman–Crippen MR) is 104 cm³/mol. The zero-order chi connectivity index (χ0) is 18.6. The van der Waals surface area contributed by atoms with Crippen LogP contribution < -0.4 is 16.0 Å². The fraction of sp³-hybridized carbons (Fsp3) is 0.579. The Kier molecular flexibility index (Phi) is 8.92. The number of hydrogen-bond acceptors (Lipinski definition) is 4. The lowest BCUT2D eigenvalue weighted by atomic mass is 10.1. The maximum atomic E-state index is 12.1. The van der Waals surface area contributed by atoms with E-state index in [-0.39, 0.29) is 18.6 Å². The van der Waals surface area contributed by atoms with Gasteiger partial charge in [-0.2, -0.15) is 0 Å². The van der Waals surface area contributed by atoms with Gasteiger partial charge in [0.25, 0.3) is 0 Å². The van der Waals surface area contributed by atoms with Gasteiger partial charge in [-0.05, 0) is 37.0 Å². The van der Waals surface area contributed by atoms with Crippen molar-refractivity contribution in [3.05, 3.63) is 29.8 Å². The number of carbonyl (C=O) groups is 1. The van der Waals surface area contributed by atoms with Crippen molar-refractivity contribution < 1.29 is 14.3 Å². The first-order valence-electron chi connectivity index (χ1n) is 9.24. The van der Waals surface area contributed by atoms with Gasteiger partial charge >= 0.3 is 0 Å². The van der Waals surface area contributed by atoms with Crippen LogP contribution in [0.25, 0.3) is 0 Å². The number of anilines is 1. The first-order valence-corrected chi connectivity index (χ1v) is 9.24. The molecule has 144 valence electrons. The molecule has 2 rings (SSSR count). The van der Waals surface area contributed by atoms with E-state index in [0.29, 0.717) is 19.2 Å². The molecule has 0 bridgehead atoms. The minimum absolute atomic E-state index is 0.106. The Morgan fingerprint density at radius 3 is 3.00 bits per heavy atom. The molecule has 7 heteroatoms. The number of hydrogen-bond donors (Lipinski definition) is 3. The maximum Gasteiger partial charge on any atom is 0.243 e. The summed E-state index contributed by atoms with van der Waals surface area (Å²) in [6.45, 7) is 5.16. The smallest absolute Gasteiger partial charge is 0.243 e. The second kappa shape index (κ2) is 11.5. The lowest BCUT2D eigenvalue weighted by molar-refractivity contribution is -0.115. The molecular weight excluding hydrogens is 332 g/mol. The van der Waals surface area contributed by atoms with E-state index in [9.17, 15) is 4.79 Å². The van der Waals surface area contributed by atoms with Gasteiger partial charge in [0.15, 0.2) is 5.96 Å². The minimum atomic E-state index is -0.106. The van der Waals surface area contributed by atoms with E-state index in [1.165, 1.54) is 5.56 Å². The largest absolute Gasteiger partial charge is 0.379 e. The van der Waals surface area contributed by atoms with Crippen molar-refractivity contribution in [3.63, 3.8) is 0 Å². The summed E-state index contributed by atoms with van der Waals surface area (Å²) in [5.41, 5.74) is 2.01. The van der Waals surface area contributed by atoms with Crippen molar-refractivity contribution in [2.75, 3.05) is 45.3 Å². The average molecular weight is 362 g/mol. The Balaban J connectivity index is 1.60. The van der Waals surface area contributed by atoms with Gasteiger partial charge in [-0.25, -0.2) is 0 Å². The molecule has 1 amide bonds. The van der Waals surface area contributed by atoms with E-state index in [0.717, 1.165) is 38.1 Å². The van der Waals surface area contributed by atoms with Crippen LogP contribution in [0.4, 0.5) is 5.69 Å². The molecule has 1 unspecified atom stereocenters. The van der Waals surface area contributed by atoms with E-state index in [1.54, 1.807) is 7.05 Å². The highest BCUT2D eigenvalue weighted by Crippen LogP contribution is 2.10. The van der Waals surface area contributed by atoms with E-state index in [4.69, 9.17) is 9.47 Å². The molecule has 1 aromatic rings. The lowest BCUT2D eigenvalue weighted by Gasteiger charge is -2.13. The Morgan fingerprint density at radius 2 is 2.27 bits per heavy atom. The summed E-state index contributed by atoms with van der Waals surface area (Å²) in [5, 5.41) is 9.08. The van der Waals surface area contributed by atoms with E-state index >= 15 is 0 Å². The third-order valence-electron chi connectivity index (χ3n) is 4.11. The van der Waals surface area contributed by atoms with Gasteiger partial charge in [-0.15, -0.1) is 0 Å². The normalized spacial score (nSPS) is 17.2. The van der Waals surface area contributed by atoms with Gasteiger partial charge < -0.3 is 25.4 Å². The summed E-state index contributed by atoms with van der Waals surface area (Å²) in [7, 11) is 1.68. The molecule has 1 atom stereocenters. The number of carbonyl (C=O) groups excluding carboxylic acids is 1. The van der Waals surface area contributed by atoms with Gasteiger partial charge in [0.05, 0.1) is 19.3 Å². The molecule has 1 aromatic carbocycles. The Morgan fingerprint density at radius 1 is 1.38 bits per heavy atom. The molecule has 1 aliphatic rings. The molecule has 1 aliphatic heterocycles. The number of nitrogens with zero attached hydrogens (tertiary/aromatic N) is 1. The molecule has 26 heavy (non-hydrogen) atoms. The number of rotatable bonds is 9. The van der Waals surface area contributed by atoms with Crippen LogP contribution in [-0.2, 0) is 20.7 Å². The zero-order valence-corrected chi connectivity index (χ0v) is 15.7. The number of benzene rings is 1. The summed E-state index contributed by atoms with van der Waals surface area (Å²) in [4.78, 5) is 16.2. The quantitative estimate of drug-likeness (QED) is 0.353. The summed E-state index contributed by atoms with van der Waals surface area (Å²) < 4.78 is 11.0. The fourth-order valence-corrected chi connectivity index (χ4v) is 2.63. The highest BCUT2D eigenvalue weighted by Gasteiger charge is 2.15. The molecular formula is C19H30N4O3. The SMILES string of the molecule is CCc1cccc(NC(=O)CNC(=NC)NCCCOC2CCOC2)c1. The maximum absolute atomic E-state index is 12.1. The monoisotopic (exact) mass is 362 g/mol. The molecule has 0 aromatic heterocycles. The van der Waals surface area contributed by atoms with E-state index in [2.05, 4.69) is 27.9 Å². The topological polar surface area (TPSA) is 84.0 Å². The van der Waals surface area contributed by atoms with Crippen LogP contribution in [0.3, 0.4) is 0 Å². The minimum Gasteiger partial charge on any atom is -0.379 e. The van der Waals surface area contributed by atoms with Crippen molar-refractivity contribution in [1.29, 1.82) is 0 Å². The van der Waals surface area contributed by atoms with Crippen LogP contribution in [0, 0.1) is 0 Å². The second-order valence-electron chi connectivity index (χ2n) is 6.16. The molecule has 0 spiro atoms. The van der Waals surface area contributed by atoms with Crippen molar-refractivity contribution in [2.24, 2.45) is 4.99 Å². The molecule has 0 saturated carbocycles. The number of nitrogens with one attached hydrogen (secondary N) is 3. The van der Waals surface area contributed by atoms with Crippen LogP contribution in [-0.4, -0.2) is 57.9 Å². The summed E-state index contributed by atoms with van der Waals surface area (Å²) >= 11 is 0. The number of aryl methyl sites for hydroxylation is 1. The Labute approximate surface area is 155 Å². The molecule has 1 heterocycles. The Bertz CT molecular complexity index is 586. The third kappa shape index (κ3) is 7.41. The first-order chi connectivity index (χ1) is 12.7. The second-order valence-corrected chi connectivity index (χ2v) is 6.16. The molecule has 7 nitrogen and oxygen atoms in total. The van der Waals surface area contributed by atoms with E-state index < -0.39 is 0 Å². The van der Waals surface area contributed by atoms with Gasteiger partial charge in [0.2, 0.25) is 5.91 Å². The summed E-state index contributed by atoms with van der Waals surface area (Å²) in [5.74, 6) is 0.498. The van der Waals surface area contributed by atoms with Crippen LogP contribution in [0.15, 0.2) is 29.3 Å². The highest BCUT2D eigenvalue weighted by atomic mass is 16.5. The van der Waals surface area contributed by atoms with Gasteiger partial charge in [-0.3, -0.25) is 9.79 Å². The van der Waals surface area contributed by atoms with Crippen molar-refractivity contribution >= 4 is 17.6 Å². The van der Waals surface area contributed by atoms with Crippen molar-refractivity contribution in [1.82, 2.24) is 10.6 Å². The van der Waals surface area contributed by atoms with Crippen LogP contribution in [0.5, 0.6) is 0 Å². The Hall–Kier alpha value is -2.12. The van der Waals surface area contributed by atoms with Crippen molar-refractivity contribution in [2.45, 2.75) is 32.3 Å². The number of ether oxygens (including phenoxy) is 2. The summed E-state index contributed by atoms with van der Waals surface area (Å²) in [6.07, 6.45) is 3.03. The summed E-state index contributed by atoms with van der Waals surface area (Å²) in [6, 6.07) is 7.87. The lowest BCUT2D eigenvalue weighted by Crippen LogP contribution is -2.41. The number of amides is 1. The molecule has 0 radical (unpaired) electrons. The highest BCUT2D eigenvalue weighted by molar-refractivity contribution is 5.95. The fourth-order valence-electron chi connectivity index (χ4n) is 2.63. The predicted octanol–water partition coefficient (Wildman–Crippen LogP) is 1.55. The average Bonchev–Trinajstić information content (AvgIpc) is 3.17. The van der Waals surface area contributed by atoms with Gasteiger partial charge in [0.1, 0.15) is 0 Å². The molecule has 1 saturated heterocycles. The van der Waals surface area contributed by atoms with Crippen molar-refractivity contribution in [3.8, 4) is 0 Å².